The zero-order valence-corrected chi connectivity index (χ0v) is 14.6. The first kappa shape index (κ1) is 17.0. The highest BCUT2D eigenvalue weighted by Gasteiger charge is 2.30. The van der Waals surface area contributed by atoms with E-state index >= 15 is 0 Å². The molecular weight excluding hydrogens is 345 g/mol. The highest BCUT2D eigenvalue weighted by molar-refractivity contribution is 5.94. The molecule has 3 aromatic rings. The summed E-state index contributed by atoms with van der Waals surface area (Å²) in [5.41, 5.74) is 2.63. The van der Waals surface area contributed by atoms with Gasteiger partial charge in [-0.2, -0.15) is 5.10 Å². The molecule has 27 heavy (non-hydrogen) atoms. The smallest absolute Gasteiger partial charge is 0.226 e. The Hall–Kier alpha value is -3.41. The van der Waals surface area contributed by atoms with Crippen LogP contribution in [0.5, 0.6) is 5.75 Å². The van der Waals surface area contributed by atoms with Crippen LogP contribution in [-0.4, -0.2) is 22.3 Å². The average molecular weight is 363 g/mol. The van der Waals surface area contributed by atoms with Gasteiger partial charge in [-0.25, -0.2) is 9.07 Å². The summed E-state index contributed by atoms with van der Waals surface area (Å²) >= 11 is 0. The lowest BCUT2D eigenvalue weighted by molar-refractivity contribution is -0.116. The van der Waals surface area contributed by atoms with Crippen molar-refractivity contribution in [3.05, 3.63) is 84.3 Å². The van der Waals surface area contributed by atoms with Gasteiger partial charge < -0.3 is 10.1 Å². The Balaban J connectivity index is 1.68. The van der Waals surface area contributed by atoms with Crippen molar-refractivity contribution < 1.29 is 13.9 Å². The SMILES string of the molecule is C=CCOc1ccc([C@H]2CC(=O)Nc3c2cnn3-c2ccc(F)cc2)cc1. The summed E-state index contributed by atoms with van der Waals surface area (Å²) in [6.45, 7) is 4.08. The van der Waals surface area contributed by atoms with Crippen molar-refractivity contribution in [3.63, 3.8) is 0 Å². The van der Waals surface area contributed by atoms with Gasteiger partial charge >= 0.3 is 0 Å². The van der Waals surface area contributed by atoms with E-state index in [-0.39, 0.29) is 17.6 Å². The number of carbonyl (C=O) groups excluding carboxylic acids is 1. The number of nitrogens with zero attached hydrogens (tertiary/aromatic N) is 2. The molecule has 0 radical (unpaired) electrons. The Labute approximate surface area is 156 Å². The first-order valence-electron chi connectivity index (χ1n) is 8.63. The molecule has 1 aromatic heterocycles. The van der Waals surface area contributed by atoms with Crippen molar-refractivity contribution in [1.82, 2.24) is 9.78 Å². The molecule has 136 valence electrons. The van der Waals surface area contributed by atoms with E-state index < -0.39 is 0 Å². The van der Waals surface area contributed by atoms with Crippen LogP contribution in [0.15, 0.2) is 67.4 Å². The molecule has 1 aliphatic rings. The highest BCUT2D eigenvalue weighted by Crippen LogP contribution is 2.38. The van der Waals surface area contributed by atoms with Crippen molar-refractivity contribution >= 4 is 11.7 Å². The van der Waals surface area contributed by atoms with E-state index in [2.05, 4.69) is 17.0 Å². The molecule has 4 rings (SSSR count). The summed E-state index contributed by atoms with van der Waals surface area (Å²) in [7, 11) is 0. The summed E-state index contributed by atoms with van der Waals surface area (Å²) in [4.78, 5) is 12.3. The third-order valence-electron chi connectivity index (χ3n) is 4.54. The normalized spacial score (nSPS) is 15.7. The van der Waals surface area contributed by atoms with Crippen LogP contribution in [-0.2, 0) is 4.79 Å². The molecule has 0 saturated heterocycles. The van der Waals surface area contributed by atoms with Crippen LogP contribution in [0.1, 0.15) is 23.5 Å². The van der Waals surface area contributed by atoms with Gasteiger partial charge in [-0.05, 0) is 42.0 Å². The fourth-order valence-electron chi connectivity index (χ4n) is 3.25. The number of anilines is 1. The second-order valence-electron chi connectivity index (χ2n) is 6.31. The number of carbonyl (C=O) groups is 1. The lowest BCUT2D eigenvalue weighted by Crippen LogP contribution is -2.24. The highest BCUT2D eigenvalue weighted by atomic mass is 19.1. The van der Waals surface area contributed by atoms with Crippen molar-refractivity contribution in [2.75, 3.05) is 11.9 Å². The summed E-state index contributed by atoms with van der Waals surface area (Å²) in [5, 5.41) is 7.30. The Morgan fingerprint density at radius 1 is 1.22 bits per heavy atom. The topological polar surface area (TPSA) is 56.1 Å². The summed E-state index contributed by atoms with van der Waals surface area (Å²) in [6, 6.07) is 13.7. The zero-order valence-electron chi connectivity index (χ0n) is 14.6. The van der Waals surface area contributed by atoms with E-state index in [1.165, 1.54) is 12.1 Å². The van der Waals surface area contributed by atoms with Crippen LogP contribution in [0, 0.1) is 5.82 Å². The molecule has 0 bridgehead atoms. The molecule has 1 aliphatic heterocycles. The van der Waals surface area contributed by atoms with Crippen LogP contribution in [0.25, 0.3) is 5.69 Å². The minimum absolute atomic E-state index is 0.0802. The van der Waals surface area contributed by atoms with Gasteiger partial charge in [0.1, 0.15) is 24.0 Å². The average Bonchev–Trinajstić information content (AvgIpc) is 3.10. The number of amides is 1. The molecule has 2 aromatic carbocycles. The standard InChI is InChI=1S/C21H18FN3O2/c1-2-11-27-17-9-3-14(4-10-17)18-12-20(26)24-21-19(18)13-23-25(21)16-7-5-15(22)6-8-16/h2-10,13,18H,1,11-12H2,(H,24,26)/t18-/m1/s1. The fraction of sp³-hybridized carbons (Fsp3) is 0.143. The number of fused-ring (bicyclic) bond motifs is 1. The minimum Gasteiger partial charge on any atom is -0.490 e. The van der Waals surface area contributed by atoms with Crippen LogP contribution in [0.3, 0.4) is 0 Å². The van der Waals surface area contributed by atoms with Gasteiger partial charge in [-0.3, -0.25) is 4.79 Å². The Kier molecular flexibility index (Phi) is 4.46. The number of halogens is 1. The lowest BCUT2D eigenvalue weighted by atomic mass is 9.87. The Bertz CT molecular complexity index is 978. The van der Waals surface area contributed by atoms with E-state index in [0.29, 0.717) is 24.5 Å². The van der Waals surface area contributed by atoms with Gasteiger partial charge in [0.2, 0.25) is 5.91 Å². The van der Waals surface area contributed by atoms with Gasteiger partial charge in [-0.1, -0.05) is 24.8 Å². The number of rotatable bonds is 5. The summed E-state index contributed by atoms with van der Waals surface area (Å²) in [6.07, 6.45) is 3.79. The van der Waals surface area contributed by atoms with Gasteiger partial charge in [0, 0.05) is 17.9 Å². The third-order valence-corrected chi connectivity index (χ3v) is 4.54. The first-order chi connectivity index (χ1) is 13.2. The molecular formula is C21H18FN3O2. The first-order valence-corrected chi connectivity index (χ1v) is 8.63. The maximum absolute atomic E-state index is 13.2. The summed E-state index contributed by atoms with van der Waals surface area (Å²) < 4.78 is 20.3. The van der Waals surface area contributed by atoms with E-state index in [1.807, 2.05) is 24.3 Å². The van der Waals surface area contributed by atoms with Crippen molar-refractivity contribution in [2.24, 2.45) is 0 Å². The van der Waals surface area contributed by atoms with Crippen LogP contribution < -0.4 is 10.1 Å². The van der Waals surface area contributed by atoms with Gasteiger partial charge in [0.05, 0.1) is 11.9 Å². The Morgan fingerprint density at radius 2 is 1.96 bits per heavy atom. The molecule has 5 nitrogen and oxygen atoms in total. The van der Waals surface area contributed by atoms with Crippen molar-refractivity contribution in [1.29, 1.82) is 0 Å². The van der Waals surface area contributed by atoms with E-state index in [0.717, 1.165) is 16.9 Å². The van der Waals surface area contributed by atoms with Crippen molar-refractivity contribution in [2.45, 2.75) is 12.3 Å². The van der Waals surface area contributed by atoms with Crippen LogP contribution in [0.2, 0.25) is 0 Å². The second kappa shape index (κ2) is 7.07. The van der Waals surface area contributed by atoms with E-state index in [4.69, 9.17) is 4.74 Å². The van der Waals surface area contributed by atoms with Crippen LogP contribution in [0.4, 0.5) is 10.2 Å². The van der Waals surface area contributed by atoms with Gasteiger partial charge in [0.25, 0.3) is 0 Å². The molecule has 0 saturated carbocycles. The third kappa shape index (κ3) is 3.33. The largest absolute Gasteiger partial charge is 0.490 e. The number of ether oxygens (including phenoxy) is 1. The number of nitrogens with one attached hydrogen (secondary N) is 1. The Morgan fingerprint density at radius 3 is 2.67 bits per heavy atom. The predicted octanol–water partition coefficient (Wildman–Crippen LogP) is 4.05. The molecule has 0 fully saturated rings. The maximum atomic E-state index is 13.2. The van der Waals surface area contributed by atoms with Crippen LogP contribution >= 0.6 is 0 Å². The molecule has 1 atom stereocenters. The molecule has 6 heteroatoms. The summed E-state index contributed by atoms with van der Waals surface area (Å²) in [5.74, 6) is 0.871. The van der Waals surface area contributed by atoms with E-state index in [9.17, 15) is 9.18 Å². The molecule has 0 aliphatic carbocycles. The number of hydrogen-bond acceptors (Lipinski definition) is 3. The van der Waals surface area contributed by atoms with E-state index in [1.54, 1.807) is 29.1 Å². The number of benzene rings is 2. The molecule has 2 heterocycles. The molecule has 0 unspecified atom stereocenters. The predicted molar refractivity (Wildman–Crippen MR) is 101 cm³/mol. The molecule has 0 spiro atoms. The van der Waals surface area contributed by atoms with Gasteiger partial charge in [0.15, 0.2) is 0 Å². The second-order valence-corrected chi connectivity index (χ2v) is 6.31. The maximum Gasteiger partial charge on any atom is 0.226 e. The molecule has 1 N–H and O–H groups in total. The van der Waals surface area contributed by atoms with Gasteiger partial charge in [-0.15, -0.1) is 0 Å². The number of aromatic nitrogens is 2. The monoisotopic (exact) mass is 363 g/mol. The molecule has 1 amide bonds. The zero-order chi connectivity index (χ0) is 18.8. The number of hydrogen-bond donors (Lipinski definition) is 1. The lowest BCUT2D eigenvalue weighted by Gasteiger charge is -2.24. The fourth-order valence-corrected chi connectivity index (χ4v) is 3.25. The van der Waals surface area contributed by atoms with Crippen molar-refractivity contribution in [3.8, 4) is 11.4 Å². The minimum atomic E-state index is -0.319. The quantitative estimate of drug-likeness (QED) is 0.696.